The van der Waals surface area contributed by atoms with Gasteiger partial charge in [-0.25, -0.2) is 9.37 Å². The van der Waals surface area contributed by atoms with Gasteiger partial charge in [-0.3, -0.25) is 14.6 Å². The Labute approximate surface area is 185 Å². The number of fused-ring (bicyclic) bond motifs is 1. The molecule has 0 unspecified atom stereocenters. The predicted octanol–water partition coefficient (Wildman–Crippen LogP) is 4.94. The third kappa shape index (κ3) is 4.64. The summed E-state index contributed by atoms with van der Waals surface area (Å²) in [6.07, 6.45) is 9.29. The summed E-state index contributed by atoms with van der Waals surface area (Å²) < 4.78 is 13.2. The lowest BCUT2D eigenvalue weighted by Crippen LogP contribution is -2.22. The van der Waals surface area contributed by atoms with Crippen LogP contribution in [0.3, 0.4) is 0 Å². The standard InChI is InChI=1S/C24H24FN5O2/c1-5-15(7-6-14(4)25)19-10-20(16(11-28-19)13(2)3)30-18-8-9-27-24-21(18)17(12-29-24)22(31)23(26)32/h5-13H,1H2,2-4H3,(H2,26,32)(H2,27,28,29,30)/b14-6+,15-7+. The minimum atomic E-state index is -1.05. The SMILES string of the molecule is C=C/C(=C\C=C(/C)F)c1cc(Nc2ccnc3[nH]cc(C(=O)C(N)=O)c23)c(C(C)C)cn1. The van der Waals surface area contributed by atoms with Gasteiger partial charge in [-0.2, -0.15) is 0 Å². The quantitative estimate of drug-likeness (QED) is 0.265. The molecule has 0 aromatic carbocycles. The Kier molecular flexibility index (Phi) is 6.63. The molecule has 0 aliphatic carbocycles. The number of pyridine rings is 2. The highest BCUT2D eigenvalue weighted by Gasteiger charge is 2.21. The number of Topliss-reactive ketones (excluding diaryl/α,β-unsaturated/α-hetero) is 1. The second-order valence-corrected chi connectivity index (χ2v) is 7.49. The summed E-state index contributed by atoms with van der Waals surface area (Å²) in [7, 11) is 0. The number of nitrogens with two attached hydrogens (primary N) is 1. The van der Waals surface area contributed by atoms with Crippen molar-refractivity contribution < 1.29 is 14.0 Å². The van der Waals surface area contributed by atoms with E-state index in [-0.39, 0.29) is 17.3 Å². The van der Waals surface area contributed by atoms with Gasteiger partial charge in [0.15, 0.2) is 0 Å². The Morgan fingerprint density at radius 2 is 2.00 bits per heavy atom. The highest BCUT2D eigenvalue weighted by Crippen LogP contribution is 2.33. The highest BCUT2D eigenvalue weighted by molar-refractivity contribution is 6.44. The van der Waals surface area contributed by atoms with Crippen molar-refractivity contribution in [2.75, 3.05) is 5.32 Å². The number of amides is 1. The van der Waals surface area contributed by atoms with Crippen LogP contribution in [0.1, 0.15) is 48.3 Å². The molecule has 0 fully saturated rings. The van der Waals surface area contributed by atoms with Gasteiger partial charge in [-0.05, 0) is 42.2 Å². The molecule has 3 aromatic heterocycles. The number of anilines is 2. The highest BCUT2D eigenvalue weighted by atomic mass is 19.1. The number of allylic oxidation sites excluding steroid dienone is 5. The zero-order chi connectivity index (χ0) is 23.4. The van der Waals surface area contributed by atoms with Crippen molar-refractivity contribution in [3.8, 4) is 0 Å². The summed E-state index contributed by atoms with van der Waals surface area (Å²) in [4.78, 5) is 35.4. The molecular weight excluding hydrogens is 409 g/mol. The van der Waals surface area contributed by atoms with Gasteiger partial charge in [0.05, 0.1) is 28.2 Å². The van der Waals surface area contributed by atoms with Crippen LogP contribution >= 0.6 is 0 Å². The van der Waals surface area contributed by atoms with Crippen molar-refractivity contribution in [3.63, 3.8) is 0 Å². The molecule has 32 heavy (non-hydrogen) atoms. The Bertz CT molecular complexity index is 1270. The number of carbonyl (C=O) groups is 2. The molecule has 3 aromatic rings. The minimum absolute atomic E-state index is 0.137. The maximum absolute atomic E-state index is 13.2. The lowest BCUT2D eigenvalue weighted by Gasteiger charge is -2.17. The van der Waals surface area contributed by atoms with Crippen molar-refractivity contribution in [3.05, 3.63) is 78.2 Å². The molecule has 4 N–H and O–H groups in total. The summed E-state index contributed by atoms with van der Waals surface area (Å²) in [6.45, 7) is 9.21. The number of carbonyl (C=O) groups excluding carboxylic acids is 2. The molecule has 0 spiro atoms. The summed E-state index contributed by atoms with van der Waals surface area (Å²) in [6, 6.07) is 3.54. The normalized spacial score (nSPS) is 12.3. The van der Waals surface area contributed by atoms with E-state index in [1.165, 1.54) is 19.2 Å². The van der Waals surface area contributed by atoms with Gasteiger partial charge in [-0.1, -0.05) is 32.6 Å². The number of hydrogen-bond acceptors (Lipinski definition) is 5. The van der Waals surface area contributed by atoms with Gasteiger partial charge >= 0.3 is 0 Å². The van der Waals surface area contributed by atoms with E-state index in [0.717, 1.165) is 11.3 Å². The number of aromatic amines is 1. The van der Waals surface area contributed by atoms with Crippen LogP contribution in [-0.4, -0.2) is 26.6 Å². The predicted molar refractivity (Wildman–Crippen MR) is 124 cm³/mol. The fourth-order valence-electron chi connectivity index (χ4n) is 3.27. The van der Waals surface area contributed by atoms with Crippen molar-refractivity contribution in [2.45, 2.75) is 26.7 Å². The number of aromatic nitrogens is 3. The first-order valence-corrected chi connectivity index (χ1v) is 9.97. The van der Waals surface area contributed by atoms with E-state index in [1.807, 2.05) is 19.9 Å². The summed E-state index contributed by atoms with van der Waals surface area (Å²) in [5.41, 5.74) is 9.26. The van der Waals surface area contributed by atoms with Crippen LogP contribution in [0.5, 0.6) is 0 Å². The summed E-state index contributed by atoms with van der Waals surface area (Å²) >= 11 is 0. The van der Waals surface area contributed by atoms with Crippen molar-refractivity contribution in [1.82, 2.24) is 15.0 Å². The van der Waals surface area contributed by atoms with Gasteiger partial charge in [0, 0.05) is 24.3 Å². The van der Waals surface area contributed by atoms with E-state index in [1.54, 1.807) is 30.6 Å². The van der Waals surface area contributed by atoms with Crippen LogP contribution in [0.2, 0.25) is 0 Å². The van der Waals surface area contributed by atoms with E-state index < -0.39 is 11.7 Å². The molecule has 0 radical (unpaired) electrons. The number of nitrogens with zero attached hydrogens (tertiary/aromatic N) is 2. The largest absolute Gasteiger partial charge is 0.363 e. The zero-order valence-corrected chi connectivity index (χ0v) is 18.1. The monoisotopic (exact) mass is 433 g/mol. The average molecular weight is 433 g/mol. The van der Waals surface area contributed by atoms with Crippen LogP contribution in [-0.2, 0) is 4.79 Å². The van der Waals surface area contributed by atoms with Gasteiger partial charge in [0.2, 0.25) is 0 Å². The molecule has 8 heteroatoms. The first-order chi connectivity index (χ1) is 15.2. The van der Waals surface area contributed by atoms with Crippen molar-refractivity contribution in [2.24, 2.45) is 5.73 Å². The van der Waals surface area contributed by atoms with Crippen molar-refractivity contribution >= 4 is 39.7 Å². The Morgan fingerprint density at radius 3 is 2.62 bits per heavy atom. The molecule has 7 nitrogen and oxygen atoms in total. The van der Waals surface area contributed by atoms with Gasteiger partial charge < -0.3 is 16.0 Å². The lowest BCUT2D eigenvalue weighted by molar-refractivity contribution is -0.114. The number of halogens is 1. The third-order valence-corrected chi connectivity index (χ3v) is 4.88. The number of ketones is 1. The summed E-state index contributed by atoms with van der Waals surface area (Å²) in [5, 5.41) is 3.80. The van der Waals surface area contributed by atoms with E-state index in [9.17, 15) is 14.0 Å². The number of H-pyrrole nitrogens is 1. The smallest absolute Gasteiger partial charge is 0.289 e. The van der Waals surface area contributed by atoms with E-state index in [4.69, 9.17) is 5.73 Å². The second-order valence-electron chi connectivity index (χ2n) is 7.49. The second kappa shape index (κ2) is 9.38. The maximum Gasteiger partial charge on any atom is 0.289 e. The fraction of sp³-hybridized carbons (Fsp3) is 0.167. The Hall–Kier alpha value is -4.07. The number of rotatable bonds is 8. The van der Waals surface area contributed by atoms with Gasteiger partial charge in [0.1, 0.15) is 5.65 Å². The molecule has 3 rings (SSSR count). The molecule has 0 atom stereocenters. The van der Waals surface area contributed by atoms with Crippen LogP contribution in [0.4, 0.5) is 15.8 Å². The Morgan fingerprint density at radius 1 is 1.25 bits per heavy atom. The molecule has 1 amide bonds. The maximum atomic E-state index is 13.2. The van der Waals surface area contributed by atoms with E-state index in [0.29, 0.717) is 28.0 Å². The molecule has 3 heterocycles. The number of primary amides is 1. The number of hydrogen-bond donors (Lipinski definition) is 3. The molecular formula is C24H24FN5O2. The van der Waals surface area contributed by atoms with Crippen LogP contribution in [0.15, 0.2) is 61.4 Å². The van der Waals surface area contributed by atoms with Gasteiger partial charge in [-0.15, -0.1) is 0 Å². The van der Waals surface area contributed by atoms with Crippen LogP contribution in [0.25, 0.3) is 16.6 Å². The van der Waals surface area contributed by atoms with Gasteiger partial charge in [0.25, 0.3) is 11.7 Å². The first-order valence-electron chi connectivity index (χ1n) is 9.97. The fourth-order valence-corrected chi connectivity index (χ4v) is 3.27. The molecule has 164 valence electrons. The Balaban J connectivity index is 2.15. The molecule has 0 saturated heterocycles. The topological polar surface area (TPSA) is 114 Å². The van der Waals surface area contributed by atoms with Crippen molar-refractivity contribution in [1.29, 1.82) is 0 Å². The van der Waals surface area contributed by atoms with E-state index in [2.05, 4.69) is 26.8 Å². The lowest BCUT2D eigenvalue weighted by atomic mass is 10.0. The molecule has 0 aliphatic rings. The summed E-state index contributed by atoms with van der Waals surface area (Å²) in [5.74, 6) is -2.05. The zero-order valence-electron chi connectivity index (χ0n) is 18.1. The first kappa shape index (κ1) is 22.6. The molecule has 0 saturated carbocycles. The average Bonchev–Trinajstić information content (AvgIpc) is 3.18. The van der Waals surface area contributed by atoms with Crippen LogP contribution < -0.4 is 11.1 Å². The minimum Gasteiger partial charge on any atom is -0.363 e. The number of nitrogens with one attached hydrogen (secondary N) is 2. The molecule has 0 aliphatic heterocycles. The van der Waals surface area contributed by atoms with Crippen LogP contribution in [0, 0.1) is 0 Å². The van der Waals surface area contributed by atoms with E-state index >= 15 is 0 Å². The third-order valence-electron chi connectivity index (χ3n) is 4.88. The molecule has 0 bridgehead atoms.